The summed E-state index contributed by atoms with van der Waals surface area (Å²) in [5, 5.41) is 11.7. The van der Waals surface area contributed by atoms with E-state index in [0.29, 0.717) is 0 Å². The number of nitrogens with zero attached hydrogens (tertiary/aromatic N) is 1. The molecule has 0 aliphatic carbocycles. The summed E-state index contributed by atoms with van der Waals surface area (Å²) in [7, 11) is -9.17. The Balaban J connectivity index is 0.00000196. The number of imidazole rings is 1. The molecule has 0 radical (unpaired) electrons. The SMILES string of the molecule is O=S(=O)([O-])c1cccc(-c2[nH]c([O-])nc2-c2cccc(S(=O)(=O)O)c2)c1.[Na+].[Na+]. The molecule has 136 valence electrons. The van der Waals surface area contributed by atoms with Gasteiger partial charge in [0.25, 0.3) is 10.1 Å². The normalized spacial score (nSPS) is 11.4. The van der Waals surface area contributed by atoms with Crippen LogP contribution in [-0.4, -0.2) is 35.9 Å². The fraction of sp³-hybridized carbons (Fsp3) is 0. The Morgan fingerprint density at radius 1 is 0.893 bits per heavy atom. The summed E-state index contributed by atoms with van der Waals surface area (Å²) in [6.45, 7) is 0. The largest absolute Gasteiger partial charge is 1.00 e. The Hall–Kier alpha value is -0.730. The summed E-state index contributed by atoms with van der Waals surface area (Å²) < 4.78 is 65.3. The smallest absolute Gasteiger partial charge is 0.846 e. The van der Waals surface area contributed by atoms with Crippen molar-refractivity contribution in [2.24, 2.45) is 0 Å². The van der Waals surface area contributed by atoms with E-state index in [1.807, 2.05) is 0 Å². The first-order valence-electron chi connectivity index (χ1n) is 6.97. The van der Waals surface area contributed by atoms with Crippen molar-refractivity contribution in [2.45, 2.75) is 9.79 Å². The van der Waals surface area contributed by atoms with E-state index in [1.165, 1.54) is 24.3 Å². The first kappa shape index (κ1) is 25.3. The molecule has 1 aromatic heterocycles. The van der Waals surface area contributed by atoms with Gasteiger partial charge in [0.1, 0.15) is 10.1 Å². The number of hydrogen-bond donors (Lipinski definition) is 2. The van der Waals surface area contributed by atoms with Crippen molar-refractivity contribution < 1.29 is 90.2 Å². The van der Waals surface area contributed by atoms with Gasteiger partial charge in [-0.2, -0.15) is 8.42 Å². The number of aromatic nitrogens is 2. The third-order valence-electron chi connectivity index (χ3n) is 3.50. The Bertz CT molecular complexity index is 1120. The van der Waals surface area contributed by atoms with Gasteiger partial charge in [0.2, 0.25) is 0 Å². The minimum absolute atomic E-state index is 0. The topological polar surface area (TPSA) is 163 Å². The van der Waals surface area contributed by atoms with Crippen molar-refractivity contribution in [1.29, 1.82) is 0 Å². The molecule has 13 heteroatoms. The molecule has 2 N–H and O–H groups in total. The van der Waals surface area contributed by atoms with Crippen molar-refractivity contribution in [3.8, 4) is 28.5 Å². The molecule has 28 heavy (non-hydrogen) atoms. The Morgan fingerprint density at radius 2 is 1.43 bits per heavy atom. The standard InChI is InChI=1S/C15H12N2O7S2.2Na/c18-15-16-13(9-3-1-5-11(7-9)25(19,20)21)14(17-15)10-4-2-6-12(8-10)26(22,23)24;;/h1-8H,(H2,16,17,18)(H,19,20,21)(H,22,23,24);;/q;2*+1/p-2. The van der Waals surface area contributed by atoms with Gasteiger partial charge < -0.3 is 14.6 Å². The van der Waals surface area contributed by atoms with Gasteiger partial charge in [-0.25, -0.2) is 13.4 Å². The third-order valence-corrected chi connectivity index (χ3v) is 5.18. The second kappa shape index (κ2) is 9.39. The van der Waals surface area contributed by atoms with E-state index in [1.54, 1.807) is 0 Å². The van der Waals surface area contributed by atoms with Crippen LogP contribution in [0.4, 0.5) is 0 Å². The zero-order chi connectivity index (χ0) is 19.1. The van der Waals surface area contributed by atoms with Crippen molar-refractivity contribution in [3.63, 3.8) is 0 Å². The summed E-state index contributed by atoms with van der Waals surface area (Å²) >= 11 is 0. The minimum Gasteiger partial charge on any atom is -0.846 e. The second-order valence-electron chi connectivity index (χ2n) is 5.25. The van der Waals surface area contributed by atoms with Crippen LogP contribution >= 0.6 is 0 Å². The second-order valence-corrected chi connectivity index (χ2v) is 8.05. The number of nitrogens with one attached hydrogen (secondary N) is 1. The van der Waals surface area contributed by atoms with Crippen LogP contribution in [0.5, 0.6) is 6.01 Å². The first-order chi connectivity index (χ1) is 12.1. The maximum Gasteiger partial charge on any atom is 1.00 e. The number of rotatable bonds is 4. The van der Waals surface area contributed by atoms with Crippen molar-refractivity contribution in [2.75, 3.05) is 0 Å². The van der Waals surface area contributed by atoms with Crippen molar-refractivity contribution in [3.05, 3.63) is 48.5 Å². The molecule has 0 spiro atoms. The van der Waals surface area contributed by atoms with Crippen LogP contribution in [0, 0.1) is 0 Å². The fourth-order valence-corrected chi connectivity index (χ4v) is 3.42. The van der Waals surface area contributed by atoms with E-state index < -0.39 is 36.0 Å². The molecule has 3 rings (SSSR count). The van der Waals surface area contributed by atoms with Crippen LogP contribution in [-0.2, 0) is 20.2 Å². The maximum absolute atomic E-state index is 11.7. The van der Waals surface area contributed by atoms with Crippen LogP contribution in [0.2, 0.25) is 0 Å². The van der Waals surface area contributed by atoms with Crippen LogP contribution < -0.4 is 64.2 Å². The van der Waals surface area contributed by atoms with Crippen molar-refractivity contribution >= 4 is 20.2 Å². The number of hydrogen-bond acceptors (Lipinski definition) is 7. The molecular formula is C15H10N2Na2O7S2. The van der Waals surface area contributed by atoms with Crippen LogP contribution in [0.3, 0.4) is 0 Å². The predicted molar refractivity (Wildman–Crippen MR) is 86.7 cm³/mol. The Labute approximate surface area is 205 Å². The summed E-state index contributed by atoms with van der Waals surface area (Å²) in [5.41, 5.74) is 0.543. The van der Waals surface area contributed by atoms with Gasteiger partial charge in [-0.3, -0.25) is 4.55 Å². The molecule has 0 unspecified atom stereocenters. The van der Waals surface area contributed by atoms with Gasteiger partial charge in [0.05, 0.1) is 27.2 Å². The maximum atomic E-state index is 11.7. The Kier molecular flexibility index (Phi) is 8.49. The monoisotopic (exact) mass is 440 g/mol. The molecule has 0 aliphatic rings. The van der Waals surface area contributed by atoms with E-state index in [-0.39, 0.29) is 81.6 Å². The molecule has 0 fully saturated rings. The van der Waals surface area contributed by atoms with Gasteiger partial charge in [0.15, 0.2) is 0 Å². The molecule has 0 aliphatic heterocycles. The van der Waals surface area contributed by atoms with Crippen LogP contribution in [0.25, 0.3) is 22.5 Å². The molecule has 0 saturated carbocycles. The van der Waals surface area contributed by atoms with Gasteiger partial charge in [-0.05, 0) is 24.3 Å². The molecule has 0 amide bonds. The molecule has 9 nitrogen and oxygen atoms in total. The van der Waals surface area contributed by atoms with E-state index >= 15 is 0 Å². The summed E-state index contributed by atoms with van der Waals surface area (Å²) in [6, 6.07) is 9.30. The van der Waals surface area contributed by atoms with E-state index in [9.17, 15) is 26.5 Å². The fourth-order valence-electron chi connectivity index (χ4n) is 2.38. The summed E-state index contributed by atoms with van der Waals surface area (Å²) in [4.78, 5) is 5.29. The van der Waals surface area contributed by atoms with Crippen LogP contribution in [0.1, 0.15) is 0 Å². The third kappa shape index (κ3) is 5.66. The Morgan fingerprint density at radius 3 is 2.00 bits per heavy atom. The van der Waals surface area contributed by atoms with Crippen LogP contribution in [0.15, 0.2) is 58.3 Å². The minimum atomic E-state index is -4.70. The zero-order valence-electron chi connectivity index (χ0n) is 14.8. The van der Waals surface area contributed by atoms with Gasteiger partial charge in [-0.15, -0.1) is 0 Å². The predicted octanol–water partition coefficient (Wildman–Crippen LogP) is -5.02. The van der Waals surface area contributed by atoms with E-state index in [4.69, 9.17) is 4.55 Å². The number of H-pyrrole nitrogens is 1. The molecule has 2 aromatic carbocycles. The molecule has 0 atom stereocenters. The van der Waals surface area contributed by atoms with Crippen molar-refractivity contribution in [1.82, 2.24) is 9.97 Å². The van der Waals surface area contributed by atoms with Gasteiger partial charge in [0, 0.05) is 11.1 Å². The first-order valence-corrected chi connectivity index (χ1v) is 9.82. The molecule has 3 aromatic rings. The van der Waals surface area contributed by atoms with E-state index in [2.05, 4.69) is 9.97 Å². The number of aromatic amines is 1. The van der Waals surface area contributed by atoms with Gasteiger partial charge in [-0.1, -0.05) is 24.3 Å². The average molecular weight is 440 g/mol. The summed E-state index contributed by atoms with van der Waals surface area (Å²) in [6.07, 6.45) is 0. The zero-order valence-corrected chi connectivity index (χ0v) is 20.4. The quantitative estimate of drug-likeness (QED) is 0.301. The van der Waals surface area contributed by atoms with Gasteiger partial charge >= 0.3 is 59.1 Å². The van der Waals surface area contributed by atoms with E-state index in [0.717, 1.165) is 24.3 Å². The molecule has 0 bridgehead atoms. The molecule has 0 saturated heterocycles. The average Bonchev–Trinajstić information content (AvgIpc) is 2.95. The summed E-state index contributed by atoms with van der Waals surface area (Å²) in [5.74, 6) is 0. The number of benzene rings is 2. The molecule has 1 heterocycles. The molecular weight excluding hydrogens is 430 g/mol.